The lowest BCUT2D eigenvalue weighted by atomic mass is 10.0. The van der Waals surface area contributed by atoms with Crippen LogP contribution in [0.4, 0.5) is 0 Å². The maximum Gasteiger partial charge on any atom is 0.253 e. The Balaban J connectivity index is 1.53. The number of piperidine rings is 1. The lowest BCUT2D eigenvalue weighted by molar-refractivity contribution is 0.0698. The SMILES string of the molecule is CCOc1ccc(C(=O)N2CCC(NC(=O)c3ccccc3Br)CC2)cc1. The van der Waals surface area contributed by atoms with E-state index in [4.69, 9.17) is 4.74 Å². The Morgan fingerprint density at radius 2 is 1.78 bits per heavy atom. The molecule has 0 unspecified atom stereocenters. The molecule has 0 aliphatic carbocycles. The van der Waals surface area contributed by atoms with Crippen molar-refractivity contribution in [1.82, 2.24) is 10.2 Å². The molecule has 27 heavy (non-hydrogen) atoms. The van der Waals surface area contributed by atoms with Gasteiger partial charge in [0.2, 0.25) is 0 Å². The minimum absolute atomic E-state index is 0.0219. The highest BCUT2D eigenvalue weighted by molar-refractivity contribution is 9.10. The molecule has 2 amide bonds. The molecular formula is C21H23BrN2O3. The van der Waals surface area contributed by atoms with Crippen molar-refractivity contribution in [2.45, 2.75) is 25.8 Å². The fourth-order valence-corrected chi connectivity index (χ4v) is 3.64. The number of amides is 2. The van der Waals surface area contributed by atoms with E-state index < -0.39 is 0 Å². The summed E-state index contributed by atoms with van der Waals surface area (Å²) in [6.45, 7) is 3.80. The van der Waals surface area contributed by atoms with E-state index in [-0.39, 0.29) is 17.9 Å². The van der Waals surface area contributed by atoms with E-state index in [1.165, 1.54) is 0 Å². The van der Waals surface area contributed by atoms with Crippen molar-refractivity contribution in [1.29, 1.82) is 0 Å². The van der Waals surface area contributed by atoms with Crippen LogP contribution in [0.1, 0.15) is 40.5 Å². The maximum absolute atomic E-state index is 12.7. The third-order valence-corrected chi connectivity index (χ3v) is 5.34. The van der Waals surface area contributed by atoms with Crippen LogP contribution in [0, 0.1) is 0 Å². The highest BCUT2D eigenvalue weighted by Gasteiger charge is 2.25. The third-order valence-electron chi connectivity index (χ3n) is 4.65. The van der Waals surface area contributed by atoms with Gasteiger partial charge in [-0.3, -0.25) is 9.59 Å². The van der Waals surface area contributed by atoms with E-state index in [1.54, 1.807) is 18.2 Å². The van der Waals surface area contributed by atoms with Crippen molar-refractivity contribution in [3.63, 3.8) is 0 Å². The first kappa shape index (κ1) is 19.4. The zero-order valence-corrected chi connectivity index (χ0v) is 16.9. The Morgan fingerprint density at radius 1 is 1.11 bits per heavy atom. The summed E-state index contributed by atoms with van der Waals surface area (Å²) < 4.78 is 6.20. The molecule has 1 fully saturated rings. The summed E-state index contributed by atoms with van der Waals surface area (Å²) in [5.74, 6) is 0.704. The van der Waals surface area contributed by atoms with Gasteiger partial charge in [0.05, 0.1) is 12.2 Å². The first-order valence-corrected chi connectivity index (χ1v) is 9.95. The Kier molecular flexibility index (Phi) is 6.50. The van der Waals surface area contributed by atoms with Crippen LogP contribution in [0.15, 0.2) is 53.0 Å². The van der Waals surface area contributed by atoms with Crippen molar-refractivity contribution < 1.29 is 14.3 Å². The molecule has 1 heterocycles. The van der Waals surface area contributed by atoms with Crippen molar-refractivity contribution in [2.24, 2.45) is 0 Å². The molecule has 5 nitrogen and oxygen atoms in total. The monoisotopic (exact) mass is 430 g/mol. The maximum atomic E-state index is 12.7. The number of halogens is 1. The summed E-state index contributed by atoms with van der Waals surface area (Å²) in [5.41, 5.74) is 1.29. The highest BCUT2D eigenvalue weighted by atomic mass is 79.9. The minimum atomic E-state index is -0.0845. The molecule has 0 radical (unpaired) electrons. The third kappa shape index (κ3) is 4.89. The Labute approximate surface area is 167 Å². The molecule has 0 spiro atoms. The molecule has 6 heteroatoms. The van der Waals surface area contributed by atoms with Gasteiger partial charge in [0.15, 0.2) is 0 Å². The van der Waals surface area contributed by atoms with E-state index >= 15 is 0 Å². The average Bonchev–Trinajstić information content (AvgIpc) is 2.69. The second-order valence-electron chi connectivity index (χ2n) is 6.48. The number of nitrogens with zero attached hydrogens (tertiary/aromatic N) is 1. The van der Waals surface area contributed by atoms with Crippen LogP contribution in [0.5, 0.6) is 5.75 Å². The number of ether oxygens (including phenoxy) is 1. The summed E-state index contributed by atoms with van der Waals surface area (Å²) in [5, 5.41) is 3.07. The molecule has 1 N–H and O–H groups in total. The van der Waals surface area contributed by atoms with Gasteiger partial charge in [0.1, 0.15) is 5.75 Å². The van der Waals surface area contributed by atoms with Crippen LogP contribution >= 0.6 is 15.9 Å². The second kappa shape index (κ2) is 9.04. The summed E-state index contributed by atoms with van der Waals surface area (Å²) in [6, 6.07) is 14.7. The molecule has 0 aromatic heterocycles. The molecule has 1 saturated heterocycles. The van der Waals surface area contributed by atoms with E-state index in [2.05, 4.69) is 21.2 Å². The van der Waals surface area contributed by atoms with E-state index in [1.807, 2.05) is 42.2 Å². The van der Waals surface area contributed by atoms with Crippen molar-refractivity contribution in [3.8, 4) is 5.75 Å². The standard InChI is InChI=1S/C21H23BrN2O3/c1-2-27-17-9-7-15(8-10-17)21(26)24-13-11-16(12-14-24)23-20(25)18-5-3-4-6-19(18)22/h3-10,16H,2,11-14H2,1H3,(H,23,25). The number of benzene rings is 2. The van der Waals surface area contributed by atoms with Crippen LogP contribution in [0.2, 0.25) is 0 Å². The van der Waals surface area contributed by atoms with Gasteiger partial charge in [-0.1, -0.05) is 12.1 Å². The van der Waals surface area contributed by atoms with E-state index in [0.29, 0.717) is 30.8 Å². The van der Waals surface area contributed by atoms with Gasteiger partial charge >= 0.3 is 0 Å². The average molecular weight is 431 g/mol. The van der Waals surface area contributed by atoms with Gasteiger partial charge in [-0.05, 0) is 72.1 Å². The zero-order chi connectivity index (χ0) is 19.2. The topological polar surface area (TPSA) is 58.6 Å². The molecule has 3 rings (SSSR count). The Hall–Kier alpha value is -2.34. The molecule has 0 bridgehead atoms. The summed E-state index contributed by atoms with van der Waals surface area (Å²) in [7, 11) is 0. The quantitative estimate of drug-likeness (QED) is 0.782. The van der Waals surface area contributed by atoms with Gasteiger partial charge in [-0.15, -0.1) is 0 Å². The van der Waals surface area contributed by atoms with Crippen LogP contribution in [0.25, 0.3) is 0 Å². The number of carbonyl (C=O) groups is 2. The van der Waals surface area contributed by atoms with E-state index in [9.17, 15) is 9.59 Å². The predicted octanol–water partition coefficient (Wildman–Crippen LogP) is 3.88. The molecule has 1 aliphatic rings. The largest absolute Gasteiger partial charge is 0.494 e. The van der Waals surface area contributed by atoms with Crippen LogP contribution in [-0.4, -0.2) is 42.5 Å². The minimum Gasteiger partial charge on any atom is -0.494 e. The first-order valence-electron chi connectivity index (χ1n) is 9.16. The van der Waals surface area contributed by atoms with Crippen LogP contribution in [0.3, 0.4) is 0 Å². The van der Waals surface area contributed by atoms with Gasteiger partial charge in [0.25, 0.3) is 11.8 Å². The molecule has 2 aromatic carbocycles. The summed E-state index contributed by atoms with van der Waals surface area (Å²) in [6.07, 6.45) is 1.50. The lowest BCUT2D eigenvalue weighted by Gasteiger charge is -2.32. The molecule has 0 saturated carbocycles. The molecule has 1 aliphatic heterocycles. The van der Waals surface area contributed by atoms with Crippen molar-refractivity contribution in [3.05, 3.63) is 64.1 Å². The van der Waals surface area contributed by atoms with E-state index in [0.717, 1.165) is 23.1 Å². The lowest BCUT2D eigenvalue weighted by Crippen LogP contribution is -2.46. The molecule has 142 valence electrons. The zero-order valence-electron chi connectivity index (χ0n) is 15.3. The fraction of sp³-hybridized carbons (Fsp3) is 0.333. The van der Waals surface area contributed by atoms with Crippen molar-refractivity contribution in [2.75, 3.05) is 19.7 Å². The summed E-state index contributed by atoms with van der Waals surface area (Å²) in [4.78, 5) is 26.9. The number of hydrogen-bond acceptors (Lipinski definition) is 3. The highest BCUT2D eigenvalue weighted by Crippen LogP contribution is 2.19. The number of rotatable bonds is 5. The smallest absolute Gasteiger partial charge is 0.253 e. The molecular weight excluding hydrogens is 408 g/mol. The first-order chi connectivity index (χ1) is 13.1. The van der Waals surface area contributed by atoms with Crippen LogP contribution in [-0.2, 0) is 0 Å². The van der Waals surface area contributed by atoms with Crippen molar-refractivity contribution >= 4 is 27.7 Å². The fourth-order valence-electron chi connectivity index (χ4n) is 3.18. The second-order valence-corrected chi connectivity index (χ2v) is 7.33. The van der Waals surface area contributed by atoms with Gasteiger partial charge in [-0.25, -0.2) is 0 Å². The molecule has 2 aromatic rings. The predicted molar refractivity (Wildman–Crippen MR) is 108 cm³/mol. The van der Waals surface area contributed by atoms with Gasteiger partial charge in [-0.2, -0.15) is 0 Å². The number of likely N-dealkylation sites (tertiary alicyclic amines) is 1. The Morgan fingerprint density at radius 3 is 2.41 bits per heavy atom. The van der Waals surface area contributed by atoms with Gasteiger partial charge in [0, 0.05) is 29.2 Å². The number of carbonyl (C=O) groups excluding carboxylic acids is 2. The summed E-state index contributed by atoms with van der Waals surface area (Å²) >= 11 is 3.41. The normalized spacial score (nSPS) is 14.7. The number of hydrogen-bond donors (Lipinski definition) is 1. The molecule has 0 atom stereocenters. The van der Waals surface area contributed by atoms with Gasteiger partial charge < -0.3 is 15.0 Å². The Bertz CT molecular complexity index is 799. The van der Waals surface area contributed by atoms with Crippen LogP contribution < -0.4 is 10.1 Å². The number of nitrogens with one attached hydrogen (secondary N) is 1.